The Balaban J connectivity index is 2.24. The van der Waals surface area contributed by atoms with Crippen LogP contribution in [0.4, 0.5) is 0 Å². The molecule has 4 nitrogen and oxygen atoms in total. The average Bonchev–Trinajstić information content (AvgIpc) is 2.82. The molecule has 3 N–H and O–H groups in total. The Morgan fingerprint density at radius 3 is 3.24 bits per heavy atom. The molecule has 0 spiro atoms. The van der Waals surface area contributed by atoms with Crippen LogP contribution in [0.5, 0.6) is 5.75 Å². The van der Waals surface area contributed by atoms with Gasteiger partial charge < -0.3 is 10.5 Å². The van der Waals surface area contributed by atoms with Crippen molar-refractivity contribution >= 4 is 10.9 Å². The minimum Gasteiger partial charge on any atom is -0.493 e. The van der Waals surface area contributed by atoms with Crippen molar-refractivity contribution in [3.63, 3.8) is 0 Å². The van der Waals surface area contributed by atoms with Crippen LogP contribution < -0.4 is 10.5 Å². The summed E-state index contributed by atoms with van der Waals surface area (Å²) in [6, 6.07) is 4.04. The summed E-state index contributed by atoms with van der Waals surface area (Å²) in [5, 5.41) is 8.71. The van der Waals surface area contributed by atoms with E-state index in [0.29, 0.717) is 12.5 Å². The van der Waals surface area contributed by atoms with Crippen molar-refractivity contribution < 1.29 is 4.74 Å². The number of nitrogens with two attached hydrogens (primary N) is 1. The maximum Gasteiger partial charge on any atom is 0.123 e. The van der Waals surface area contributed by atoms with Gasteiger partial charge in [-0.2, -0.15) is 5.10 Å². The Morgan fingerprint density at radius 2 is 2.41 bits per heavy atom. The first-order chi connectivity index (χ1) is 8.31. The smallest absolute Gasteiger partial charge is 0.123 e. The fourth-order valence-corrected chi connectivity index (χ4v) is 2.48. The summed E-state index contributed by atoms with van der Waals surface area (Å²) in [6.45, 7) is 3.57. The number of H-pyrrole nitrogens is 1. The molecular formula is C13H17N3O. The predicted molar refractivity (Wildman–Crippen MR) is 67.4 cm³/mol. The average molecular weight is 231 g/mol. The Kier molecular flexibility index (Phi) is 2.52. The summed E-state index contributed by atoms with van der Waals surface area (Å²) in [5.41, 5.74) is 9.20. The van der Waals surface area contributed by atoms with E-state index in [-0.39, 0.29) is 0 Å². The molecule has 0 bridgehead atoms. The van der Waals surface area contributed by atoms with Crippen molar-refractivity contribution in [2.24, 2.45) is 5.73 Å². The highest BCUT2D eigenvalue weighted by atomic mass is 16.5. The quantitative estimate of drug-likeness (QED) is 0.830. The fourth-order valence-electron chi connectivity index (χ4n) is 2.48. The Hall–Kier alpha value is -1.55. The van der Waals surface area contributed by atoms with Crippen molar-refractivity contribution in [1.82, 2.24) is 10.2 Å². The minimum atomic E-state index is 0.299. The number of rotatable bonds is 2. The highest BCUT2D eigenvalue weighted by molar-refractivity contribution is 5.87. The van der Waals surface area contributed by atoms with Crippen LogP contribution in [0.15, 0.2) is 12.1 Å². The normalized spacial score (nSPS) is 16.6. The maximum absolute atomic E-state index is 5.75. The lowest BCUT2D eigenvalue weighted by Gasteiger charge is -2.18. The Labute approximate surface area is 100 Å². The van der Waals surface area contributed by atoms with E-state index in [4.69, 9.17) is 10.5 Å². The van der Waals surface area contributed by atoms with E-state index < -0.39 is 0 Å². The molecule has 90 valence electrons. The number of nitrogens with zero attached hydrogens (tertiary/aromatic N) is 1. The van der Waals surface area contributed by atoms with Crippen LogP contribution in [0, 0.1) is 0 Å². The molecule has 1 unspecified atom stereocenters. The van der Waals surface area contributed by atoms with E-state index >= 15 is 0 Å². The molecule has 4 heteroatoms. The van der Waals surface area contributed by atoms with E-state index in [9.17, 15) is 0 Å². The largest absolute Gasteiger partial charge is 0.493 e. The third-order valence-electron chi connectivity index (χ3n) is 3.49. The number of aromatic nitrogens is 2. The van der Waals surface area contributed by atoms with Gasteiger partial charge in [-0.05, 0) is 25.0 Å². The van der Waals surface area contributed by atoms with Crippen molar-refractivity contribution in [2.45, 2.75) is 25.7 Å². The predicted octanol–water partition coefficient (Wildman–Crippen LogP) is 1.95. The zero-order valence-electron chi connectivity index (χ0n) is 9.99. The molecule has 1 aliphatic heterocycles. The van der Waals surface area contributed by atoms with Crippen molar-refractivity contribution in [3.05, 3.63) is 23.4 Å². The van der Waals surface area contributed by atoms with Gasteiger partial charge in [0.25, 0.3) is 0 Å². The van der Waals surface area contributed by atoms with E-state index in [1.54, 1.807) is 0 Å². The first-order valence-electron chi connectivity index (χ1n) is 6.14. The lowest BCUT2D eigenvalue weighted by atomic mass is 9.96. The number of hydrogen-bond donors (Lipinski definition) is 2. The van der Waals surface area contributed by atoms with Gasteiger partial charge in [0, 0.05) is 29.1 Å². The van der Waals surface area contributed by atoms with Gasteiger partial charge in [0.2, 0.25) is 0 Å². The second-order valence-corrected chi connectivity index (χ2v) is 4.66. The zero-order valence-corrected chi connectivity index (χ0v) is 9.99. The van der Waals surface area contributed by atoms with Gasteiger partial charge in [-0.3, -0.25) is 5.10 Å². The van der Waals surface area contributed by atoms with Crippen LogP contribution in [-0.4, -0.2) is 23.3 Å². The number of nitrogens with one attached hydrogen (secondary N) is 1. The second kappa shape index (κ2) is 4.04. The van der Waals surface area contributed by atoms with Crippen LogP contribution >= 0.6 is 0 Å². The van der Waals surface area contributed by atoms with E-state index in [1.807, 2.05) is 12.1 Å². The summed E-state index contributed by atoms with van der Waals surface area (Å²) in [6.07, 6.45) is 2.14. The number of aromatic amines is 1. The number of ether oxygens (including phenoxy) is 1. The number of hydrogen-bond acceptors (Lipinski definition) is 3. The minimum absolute atomic E-state index is 0.299. The molecule has 1 aliphatic rings. The second-order valence-electron chi connectivity index (χ2n) is 4.66. The molecule has 1 atom stereocenters. The van der Waals surface area contributed by atoms with Crippen LogP contribution in [0.2, 0.25) is 0 Å². The lowest BCUT2D eigenvalue weighted by Crippen LogP contribution is -2.12. The van der Waals surface area contributed by atoms with Crippen LogP contribution in [-0.2, 0) is 6.42 Å². The summed E-state index contributed by atoms with van der Waals surface area (Å²) in [7, 11) is 0. The van der Waals surface area contributed by atoms with Crippen LogP contribution in [0.25, 0.3) is 10.9 Å². The molecule has 0 aliphatic carbocycles. The molecule has 1 aromatic carbocycles. The number of fused-ring (bicyclic) bond motifs is 3. The lowest BCUT2D eigenvalue weighted by molar-refractivity contribution is 0.289. The SMILES string of the molecule is CC(CN)c1[nH]nc2ccc3c(c12)CCCO3. The first kappa shape index (κ1) is 10.6. The van der Waals surface area contributed by atoms with Gasteiger partial charge in [0.1, 0.15) is 5.75 Å². The summed E-state index contributed by atoms with van der Waals surface area (Å²) in [4.78, 5) is 0. The third-order valence-corrected chi connectivity index (χ3v) is 3.49. The summed E-state index contributed by atoms with van der Waals surface area (Å²) >= 11 is 0. The van der Waals surface area contributed by atoms with Gasteiger partial charge >= 0.3 is 0 Å². The molecular weight excluding hydrogens is 214 g/mol. The third kappa shape index (κ3) is 1.60. The van der Waals surface area contributed by atoms with E-state index in [2.05, 4.69) is 17.1 Å². The van der Waals surface area contributed by atoms with Crippen molar-refractivity contribution in [2.75, 3.05) is 13.2 Å². The molecule has 0 fully saturated rings. The summed E-state index contributed by atoms with van der Waals surface area (Å²) < 4.78 is 5.70. The van der Waals surface area contributed by atoms with Crippen LogP contribution in [0.1, 0.15) is 30.5 Å². The molecule has 1 aromatic heterocycles. The van der Waals surface area contributed by atoms with E-state index in [0.717, 1.165) is 36.4 Å². The molecule has 0 radical (unpaired) electrons. The van der Waals surface area contributed by atoms with Gasteiger partial charge in [-0.25, -0.2) is 0 Å². The molecule has 0 saturated carbocycles. The molecule has 0 saturated heterocycles. The Morgan fingerprint density at radius 1 is 1.53 bits per heavy atom. The Bertz CT molecular complexity index is 547. The number of aryl methyl sites for hydroxylation is 1. The molecule has 3 rings (SSSR count). The molecule has 0 amide bonds. The van der Waals surface area contributed by atoms with Gasteiger partial charge in [0.15, 0.2) is 0 Å². The van der Waals surface area contributed by atoms with E-state index in [1.165, 1.54) is 10.9 Å². The standard InChI is InChI=1S/C13H17N3O/c1-8(7-14)13-12-9-3-2-6-17-11(9)5-4-10(12)15-16-13/h4-5,8H,2-3,6-7,14H2,1H3,(H,15,16). The van der Waals surface area contributed by atoms with Crippen LogP contribution in [0.3, 0.4) is 0 Å². The molecule has 2 aromatic rings. The van der Waals surface area contributed by atoms with Crippen molar-refractivity contribution in [1.29, 1.82) is 0 Å². The first-order valence-corrected chi connectivity index (χ1v) is 6.14. The fraction of sp³-hybridized carbons (Fsp3) is 0.462. The van der Waals surface area contributed by atoms with Crippen molar-refractivity contribution in [3.8, 4) is 5.75 Å². The number of benzene rings is 1. The zero-order chi connectivity index (χ0) is 11.8. The van der Waals surface area contributed by atoms with Gasteiger partial charge in [0.05, 0.1) is 12.1 Å². The maximum atomic E-state index is 5.75. The highest BCUT2D eigenvalue weighted by Gasteiger charge is 2.20. The summed E-state index contributed by atoms with van der Waals surface area (Å²) in [5.74, 6) is 1.31. The highest BCUT2D eigenvalue weighted by Crippen LogP contribution is 2.35. The van der Waals surface area contributed by atoms with Gasteiger partial charge in [-0.15, -0.1) is 0 Å². The van der Waals surface area contributed by atoms with Gasteiger partial charge in [-0.1, -0.05) is 6.92 Å². The molecule has 2 heterocycles. The monoisotopic (exact) mass is 231 g/mol. The molecule has 17 heavy (non-hydrogen) atoms. The topological polar surface area (TPSA) is 63.9 Å².